The van der Waals surface area contributed by atoms with Crippen molar-refractivity contribution in [1.82, 2.24) is 0 Å². The number of hydrogen-bond donors (Lipinski definition) is 0. The van der Waals surface area contributed by atoms with E-state index in [4.69, 9.17) is 39.5 Å². The molecule has 5 nitrogen and oxygen atoms in total. The third-order valence-electron chi connectivity index (χ3n) is 3.07. The van der Waals surface area contributed by atoms with Crippen LogP contribution >= 0.6 is 34.8 Å². The van der Waals surface area contributed by atoms with Crippen LogP contribution in [0.2, 0.25) is 10.0 Å². The van der Waals surface area contributed by atoms with Gasteiger partial charge in [-0.15, -0.1) is 0 Å². The molecule has 0 unspecified atom stereocenters. The molecule has 0 atom stereocenters. The second-order valence-corrected chi connectivity index (χ2v) is 7.74. The van der Waals surface area contributed by atoms with E-state index < -0.39 is 21.8 Å². The highest BCUT2D eigenvalue weighted by molar-refractivity contribution is 7.93. The third-order valence-corrected chi connectivity index (χ3v) is 5.68. The summed E-state index contributed by atoms with van der Waals surface area (Å²) in [5.74, 6) is 0.423. The van der Waals surface area contributed by atoms with Crippen molar-refractivity contribution < 1.29 is 17.9 Å². The van der Waals surface area contributed by atoms with Crippen molar-refractivity contribution in [3.05, 3.63) is 52.5 Å². The molecular formula is C15H12Cl3NO4S. The minimum Gasteiger partial charge on any atom is -0.497 e. The number of halogens is 3. The zero-order chi connectivity index (χ0) is 17.9. The molecule has 0 N–H and O–H groups in total. The fraction of sp³-hybridized carbons (Fsp3) is 0.133. The highest BCUT2D eigenvalue weighted by Gasteiger charge is 2.29. The van der Waals surface area contributed by atoms with Gasteiger partial charge in [-0.3, -0.25) is 9.10 Å². The number of ether oxygens (including phenoxy) is 1. The van der Waals surface area contributed by atoms with Gasteiger partial charge in [-0.1, -0.05) is 29.3 Å². The summed E-state index contributed by atoms with van der Waals surface area (Å²) in [4.78, 5) is 11.2. The predicted octanol–water partition coefficient (Wildman–Crippen LogP) is 3.96. The Morgan fingerprint density at radius 2 is 1.88 bits per heavy atom. The molecule has 0 spiro atoms. The Hall–Kier alpha value is -1.47. The molecule has 2 rings (SSSR count). The fourth-order valence-electron chi connectivity index (χ4n) is 1.99. The summed E-state index contributed by atoms with van der Waals surface area (Å²) >= 11 is 17.3. The normalized spacial score (nSPS) is 11.2. The number of hydrogen-bond acceptors (Lipinski definition) is 4. The van der Waals surface area contributed by atoms with Crippen molar-refractivity contribution in [2.45, 2.75) is 4.90 Å². The third kappa shape index (κ3) is 4.13. The maximum Gasteiger partial charge on any atom is 0.266 e. The van der Waals surface area contributed by atoms with Gasteiger partial charge in [-0.2, -0.15) is 0 Å². The van der Waals surface area contributed by atoms with E-state index in [2.05, 4.69) is 0 Å². The van der Waals surface area contributed by atoms with Crippen LogP contribution in [0.1, 0.15) is 0 Å². The molecule has 2 aromatic rings. The number of carbonyl (C=O) groups excluding carboxylic acids is 1. The highest BCUT2D eigenvalue weighted by atomic mass is 35.5. The van der Waals surface area contributed by atoms with E-state index in [0.717, 1.165) is 4.31 Å². The van der Waals surface area contributed by atoms with E-state index in [1.807, 2.05) is 0 Å². The van der Waals surface area contributed by atoms with Crippen LogP contribution in [0.25, 0.3) is 0 Å². The largest absolute Gasteiger partial charge is 0.497 e. The topological polar surface area (TPSA) is 63.7 Å². The van der Waals surface area contributed by atoms with Crippen LogP contribution in [0.5, 0.6) is 5.75 Å². The van der Waals surface area contributed by atoms with Gasteiger partial charge >= 0.3 is 0 Å². The van der Waals surface area contributed by atoms with Crippen LogP contribution in [0.3, 0.4) is 0 Å². The second kappa shape index (κ2) is 7.61. The highest BCUT2D eigenvalue weighted by Crippen LogP contribution is 2.32. The molecule has 24 heavy (non-hydrogen) atoms. The number of carbonyl (C=O) groups is 1. The van der Waals surface area contributed by atoms with Crippen molar-refractivity contribution in [2.24, 2.45) is 0 Å². The van der Waals surface area contributed by atoms with Gasteiger partial charge in [0.25, 0.3) is 10.0 Å². The van der Waals surface area contributed by atoms with Crippen molar-refractivity contribution in [3.8, 4) is 5.75 Å². The van der Waals surface area contributed by atoms with E-state index in [-0.39, 0.29) is 20.6 Å². The first-order chi connectivity index (χ1) is 11.3. The zero-order valence-electron chi connectivity index (χ0n) is 12.4. The lowest BCUT2D eigenvalue weighted by Crippen LogP contribution is -2.34. The summed E-state index contributed by atoms with van der Waals surface area (Å²) in [7, 11) is -2.73. The average Bonchev–Trinajstić information content (AvgIpc) is 2.54. The van der Waals surface area contributed by atoms with Crippen molar-refractivity contribution in [3.63, 3.8) is 0 Å². The number of anilines is 1. The van der Waals surface area contributed by atoms with E-state index in [1.165, 1.54) is 37.4 Å². The van der Waals surface area contributed by atoms with Crippen LogP contribution < -0.4 is 9.04 Å². The second-order valence-electron chi connectivity index (χ2n) is 4.64. The monoisotopic (exact) mass is 407 g/mol. The SMILES string of the molecule is COc1cccc(N(CC(=O)Cl)S(=O)(=O)c2cc(Cl)ccc2Cl)c1. The van der Waals surface area contributed by atoms with E-state index >= 15 is 0 Å². The molecule has 0 radical (unpaired) electrons. The number of rotatable bonds is 6. The van der Waals surface area contributed by atoms with Gasteiger partial charge in [0.15, 0.2) is 0 Å². The van der Waals surface area contributed by atoms with Crippen LogP contribution in [0, 0.1) is 0 Å². The molecule has 128 valence electrons. The summed E-state index contributed by atoms with van der Waals surface area (Å²) < 4.78 is 31.9. The number of nitrogens with zero attached hydrogens (tertiary/aromatic N) is 1. The van der Waals surface area contributed by atoms with Gasteiger partial charge in [0.2, 0.25) is 5.24 Å². The molecule has 0 saturated carbocycles. The Labute approximate surface area is 154 Å². The molecule has 0 aliphatic rings. The Balaban J connectivity index is 2.61. The summed E-state index contributed by atoms with van der Waals surface area (Å²) in [6.45, 7) is -0.570. The standard InChI is InChI=1S/C15H12Cl3NO4S/c1-23-12-4-2-3-11(8-12)19(9-15(18)20)24(21,22)14-7-10(16)5-6-13(14)17/h2-8H,9H2,1H3. The van der Waals surface area contributed by atoms with Gasteiger partial charge in [-0.05, 0) is 41.9 Å². The van der Waals surface area contributed by atoms with E-state index in [1.54, 1.807) is 12.1 Å². The maximum absolute atomic E-state index is 13.0. The zero-order valence-corrected chi connectivity index (χ0v) is 15.5. The molecule has 0 fully saturated rings. The van der Waals surface area contributed by atoms with Gasteiger partial charge in [0, 0.05) is 11.1 Å². The van der Waals surface area contributed by atoms with Gasteiger partial charge in [-0.25, -0.2) is 8.42 Å². The summed E-state index contributed by atoms with van der Waals surface area (Å²) in [6.07, 6.45) is 0. The predicted molar refractivity (Wildman–Crippen MR) is 94.8 cm³/mol. The molecule has 0 saturated heterocycles. The smallest absolute Gasteiger partial charge is 0.266 e. The average molecular weight is 409 g/mol. The lowest BCUT2D eigenvalue weighted by Gasteiger charge is -2.24. The van der Waals surface area contributed by atoms with Gasteiger partial charge in [0.05, 0.1) is 17.8 Å². The van der Waals surface area contributed by atoms with Crippen LogP contribution in [-0.2, 0) is 14.8 Å². The van der Waals surface area contributed by atoms with Crippen molar-refractivity contribution >= 4 is 55.8 Å². The number of methoxy groups -OCH3 is 1. The van der Waals surface area contributed by atoms with E-state index in [0.29, 0.717) is 5.75 Å². The minimum absolute atomic E-state index is 0.0192. The Morgan fingerprint density at radius 1 is 1.17 bits per heavy atom. The van der Waals surface area contributed by atoms with Crippen LogP contribution in [0.15, 0.2) is 47.4 Å². The number of sulfonamides is 1. The quantitative estimate of drug-likeness (QED) is 0.679. The van der Waals surface area contributed by atoms with Crippen LogP contribution in [0.4, 0.5) is 5.69 Å². The molecule has 9 heteroatoms. The maximum atomic E-state index is 13.0. The summed E-state index contributed by atoms with van der Waals surface area (Å²) in [5.41, 5.74) is 0.208. The first-order valence-electron chi connectivity index (χ1n) is 6.56. The molecule has 0 aliphatic carbocycles. The molecule has 0 bridgehead atoms. The lowest BCUT2D eigenvalue weighted by molar-refractivity contribution is -0.110. The molecule has 0 amide bonds. The van der Waals surface area contributed by atoms with Gasteiger partial charge in [0.1, 0.15) is 17.2 Å². The van der Waals surface area contributed by atoms with Crippen LogP contribution in [-0.4, -0.2) is 27.3 Å². The van der Waals surface area contributed by atoms with E-state index in [9.17, 15) is 13.2 Å². The summed E-state index contributed by atoms with van der Waals surface area (Å²) in [5, 5.41) is -0.672. The molecule has 0 heterocycles. The van der Waals surface area contributed by atoms with Gasteiger partial charge < -0.3 is 4.74 Å². The lowest BCUT2D eigenvalue weighted by atomic mass is 10.3. The fourth-order valence-corrected chi connectivity index (χ4v) is 4.33. The number of benzene rings is 2. The Kier molecular flexibility index (Phi) is 5.98. The van der Waals surface area contributed by atoms with Crippen molar-refractivity contribution in [2.75, 3.05) is 18.0 Å². The molecule has 0 aliphatic heterocycles. The van der Waals surface area contributed by atoms with Crippen molar-refractivity contribution in [1.29, 1.82) is 0 Å². The molecule has 2 aromatic carbocycles. The first kappa shape index (κ1) is 18.9. The Bertz CT molecular complexity index is 871. The molecule has 0 aromatic heterocycles. The Morgan fingerprint density at radius 3 is 2.50 bits per heavy atom. The molecular weight excluding hydrogens is 397 g/mol. The first-order valence-corrected chi connectivity index (χ1v) is 9.13. The summed E-state index contributed by atoms with van der Waals surface area (Å²) in [6, 6.07) is 10.3. The minimum atomic E-state index is -4.17.